The number of nitrogens with one attached hydrogen (secondary N) is 1. The second-order valence-corrected chi connectivity index (χ2v) is 8.82. The highest BCUT2D eigenvalue weighted by Gasteiger charge is 2.21. The Morgan fingerprint density at radius 1 is 1.35 bits per heavy atom. The average Bonchev–Trinajstić information content (AvgIpc) is 2.98. The van der Waals surface area contributed by atoms with Gasteiger partial charge < -0.3 is 24.8 Å². The second-order valence-electron chi connectivity index (χ2n) is 6.82. The molecule has 152 valence electrons. The topological polar surface area (TPSA) is 134 Å². The van der Waals surface area contributed by atoms with Crippen molar-refractivity contribution < 1.29 is 27.6 Å². The summed E-state index contributed by atoms with van der Waals surface area (Å²) in [6, 6.07) is 0. The van der Waals surface area contributed by atoms with Crippen LogP contribution in [0.1, 0.15) is 20.8 Å². The highest BCUT2D eigenvalue weighted by Crippen LogP contribution is 2.26. The first-order chi connectivity index (χ1) is 12.0. The Bertz CT molecular complexity index is 618. The van der Waals surface area contributed by atoms with Crippen LogP contribution in [0, 0.1) is 0 Å². The second kappa shape index (κ2) is 10.3. The SMILES string of the molecule is CC(C)(C)NCC(O)COc1nsnc1N1CCOCC1.CS(=O)(=O)O. The van der Waals surface area contributed by atoms with Gasteiger partial charge in [0.15, 0.2) is 0 Å². The Hall–Kier alpha value is -1.05. The van der Waals surface area contributed by atoms with Gasteiger partial charge in [-0.1, -0.05) is 0 Å². The first-order valence-corrected chi connectivity index (χ1v) is 10.7. The smallest absolute Gasteiger partial charge is 0.270 e. The molecule has 1 aliphatic rings. The Labute approximate surface area is 158 Å². The molecule has 0 aromatic carbocycles. The number of aromatic nitrogens is 2. The van der Waals surface area contributed by atoms with Crippen molar-refractivity contribution >= 4 is 27.7 Å². The van der Waals surface area contributed by atoms with Gasteiger partial charge in [-0.05, 0) is 20.8 Å². The molecule has 1 aromatic rings. The van der Waals surface area contributed by atoms with E-state index in [0.717, 1.165) is 30.6 Å². The summed E-state index contributed by atoms with van der Waals surface area (Å²) < 4.78 is 45.3. The molecule has 1 aromatic heterocycles. The van der Waals surface area contributed by atoms with Crippen LogP contribution < -0.4 is 15.0 Å². The van der Waals surface area contributed by atoms with Crippen LogP contribution in [0.5, 0.6) is 5.88 Å². The van der Waals surface area contributed by atoms with Crippen LogP contribution in [0.4, 0.5) is 5.82 Å². The van der Waals surface area contributed by atoms with Crippen molar-refractivity contribution in [1.29, 1.82) is 0 Å². The lowest BCUT2D eigenvalue weighted by Gasteiger charge is -2.27. The number of aliphatic hydroxyl groups is 1. The van der Waals surface area contributed by atoms with Crippen LogP contribution in [0.25, 0.3) is 0 Å². The first kappa shape index (κ1) is 23.0. The van der Waals surface area contributed by atoms with Gasteiger partial charge in [0.1, 0.15) is 12.7 Å². The van der Waals surface area contributed by atoms with Gasteiger partial charge in [-0.3, -0.25) is 4.55 Å². The van der Waals surface area contributed by atoms with Gasteiger partial charge in [-0.15, -0.1) is 4.37 Å². The van der Waals surface area contributed by atoms with Crippen LogP contribution >= 0.6 is 11.7 Å². The molecular weight excluding hydrogens is 384 g/mol. The molecule has 1 unspecified atom stereocenters. The van der Waals surface area contributed by atoms with Crippen molar-refractivity contribution in [2.45, 2.75) is 32.4 Å². The number of ether oxygens (including phenoxy) is 2. The van der Waals surface area contributed by atoms with Crippen LogP contribution in [-0.2, 0) is 14.9 Å². The minimum absolute atomic E-state index is 0.0257. The van der Waals surface area contributed by atoms with Crippen LogP contribution in [0.15, 0.2) is 0 Å². The standard InChI is InChI=1S/C13H24N4O3S.CH4O3S/c1-13(2,3)14-8-10(18)9-20-12-11(15-21-16-12)17-4-6-19-7-5-17;1-5(2,3)4/h10,14,18H,4-9H2,1-3H3;1H3,(H,2,3,4). The third kappa shape index (κ3) is 10.8. The fourth-order valence-electron chi connectivity index (χ4n) is 1.89. The summed E-state index contributed by atoms with van der Waals surface area (Å²) in [6.07, 6.45) is 0.135. The van der Waals surface area contributed by atoms with E-state index in [1.165, 1.54) is 0 Å². The van der Waals surface area contributed by atoms with E-state index < -0.39 is 16.2 Å². The fraction of sp³-hybridized carbons (Fsp3) is 0.857. The molecule has 26 heavy (non-hydrogen) atoms. The van der Waals surface area contributed by atoms with E-state index in [1.807, 2.05) is 0 Å². The molecule has 2 rings (SSSR count). The minimum Gasteiger partial charge on any atom is -0.472 e. The van der Waals surface area contributed by atoms with Crippen LogP contribution in [0.2, 0.25) is 0 Å². The lowest BCUT2D eigenvalue weighted by atomic mass is 10.1. The Balaban J connectivity index is 0.000000597. The number of β-amino-alcohol motifs (C(OH)–C–C–N with tert-alkyl or cyclic N) is 1. The zero-order valence-electron chi connectivity index (χ0n) is 15.5. The van der Waals surface area contributed by atoms with Crippen LogP contribution in [-0.4, -0.2) is 84.2 Å². The van der Waals surface area contributed by atoms with Gasteiger partial charge in [-0.25, -0.2) is 0 Å². The van der Waals surface area contributed by atoms with Gasteiger partial charge in [0.2, 0.25) is 5.82 Å². The van der Waals surface area contributed by atoms with Gasteiger partial charge in [0.25, 0.3) is 16.0 Å². The number of hydrogen-bond donors (Lipinski definition) is 3. The molecular formula is C14H28N4O6S2. The number of anilines is 1. The van der Waals surface area contributed by atoms with Crippen molar-refractivity contribution in [2.75, 3.05) is 50.6 Å². The first-order valence-electron chi connectivity index (χ1n) is 8.09. The third-order valence-electron chi connectivity index (χ3n) is 3.03. The molecule has 1 atom stereocenters. The Morgan fingerprint density at radius 2 is 1.92 bits per heavy atom. The molecule has 0 saturated carbocycles. The van der Waals surface area contributed by atoms with Crippen molar-refractivity contribution in [2.24, 2.45) is 0 Å². The molecule has 1 fully saturated rings. The Kier molecular flexibility index (Phi) is 9.13. The van der Waals surface area contributed by atoms with Crippen molar-refractivity contribution in [3.63, 3.8) is 0 Å². The average molecular weight is 413 g/mol. The maximum absolute atomic E-state index is 9.95. The van der Waals surface area contributed by atoms with Crippen molar-refractivity contribution in [3.05, 3.63) is 0 Å². The van der Waals surface area contributed by atoms with Gasteiger partial charge >= 0.3 is 0 Å². The van der Waals surface area contributed by atoms with Crippen LogP contribution in [0.3, 0.4) is 0 Å². The zero-order valence-corrected chi connectivity index (χ0v) is 17.1. The predicted octanol–water partition coefficient (Wildman–Crippen LogP) is 0.00650. The number of hydrogen-bond acceptors (Lipinski definition) is 10. The molecule has 0 amide bonds. The van der Waals surface area contributed by atoms with Gasteiger partial charge in [0.05, 0.1) is 31.2 Å². The fourth-order valence-corrected chi connectivity index (χ4v) is 2.41. The highest BCUT2D eigenvalue weighted by molar-refractivity contribution is 7.85. The zero-order chi connectivity index (χ0) is 19.8. The summed E-state index contributed by atoms with van der Waals surface area (Å²) in [4.78, 5) is 2.10. The van der Waals surface area contributed by atoms with E-state index in [0.29, 0.717) is 31.9 Å². The molecule has 2 heterocycles. The summed E-state index contributed by atoms with van der Waals surface area (Å²) in [5, 5.41) is 13.2. The van der Waals surface area contributed by atoms with Gasteiger partial charge in [-0.2, -0.15) is 12.8 Å². The molecule has 12 heteroatoms. The van der Waals surface area contributed by atoms with Crippen molar-refractivity contribution in [1.82, 2.24) is 14.1 Å². The lowest BCUT2D eigenvalue weighted by molar-refractivity contribution is 0.0975. The molecule has 0 spiro atoms. The highest BCUT2D eigenvalue weighted by atomic mass is 32.2. The summed E-state index contributed by atoms with van der Waals surface area (Å²) in [5.41, 5.74) is -0.0257. The maximum atomic E-state index is 9.95. The van der Waals surface area contributed by atoms with E-state index in [2.05, 4.69) is 39.7 Å². The van der Waals surface area contributed by atoms with E-state index in [-0.39, 0.29) is 12.1 Å². The number of aliphatic hydroxyl groups excluding tert-OH is 1. The molecule has 3 N–H and O–H groups in total. The maximum Gasteiger partial charge on any atom is 0.270 e. The largest absolute Gasteiger partial charge is 0.472 e. The lowest BCUT2D eigenvalue weighted by Crippen LogP contribution is -2.42. The number of rotatable bonds is 6. The monoisotopic (exact) mass is 412 g/mol. The number of morpholine rings is 1. The molecule has 0 bridgehead atoms. The third-order valence-corrected chi connectivity index (χ3v) is 3.54. The van der Waals surface area contributed by atoms with E-state index in [4.69, 9.17) is 14.0 Å². The number of nitrogens with zero attached hydrogens (tertiary/aromatic N) is 3. The predicted molar refractivity (Wildman–Crippen MR) is 99.7 cm³/mol. The molecule has 1 aliphatic heterocycles. The summed E-state index contributed by atoms with van der Waals surface area (Å²) >= 11 is 1.12. The minimum atomic E-state index is -3.67. The van der Waals surface area contributed by atoms with Gasteiger partial charge in [0, 0.05) is 25.2 Å². The van der Waals surface area contributed by atoms with E-state index in [1.54, 1.807) is 0 Å². The molecule has 10 nitrogen and oxygen atoms in total. The summed E-state index contributed by atoms with van der Waals surface area (Å²) in [6.45, 7) is 9.81. The molecule has 0 radical (unpaired) electrons. The summed E-state index contributed by atoms with van der Waals surface area (Å²) in [7, 11) is -3.67. The Morgan fingerprint density at radius 3 is 2.46 bits per heavy atom. The summed E-state index contributed by atoms with van der Waals surface area (Å²) in [5.74, 6) is 1.25. The van der Waals surface area contributed by atoms with E-state index in [9.17, 15) is 13.5 Å². The normalized spacial score (nSPS) is 16.6. The quantitative estimate of drug-likeness (QED) is 0.548. The van der Waals surface area contributed by atoms with E-state index >= 15 is 0 Å². The molecule has 1 saturated heterocycles. The molecule has 0 aliphatic carbocycles. The van der Waals surface area contributed by atoms with Crippen molar-refractivity contribution in [3.8, 4) is 5.88 Å².